The number of carbonyl (C=O) groups is 1. The molecule has 4 nitrogen and oxygen atoms in total. The van der Waals surface area contributed by atoms with Crippen LogP contribution in [-0.4, -0.2) is 35.5 Å². The smallest absolute Gasteiger partial charge is 0.220 e. The number of hydrogen-bond acceptors (Lipinski definition) is 3. The fraction of sp³-hybridized carbons (Fsp3) is 0.611. The largest absolute Gasteiger partial charge is 0.508 e. The van der Waals surface area contributed by atoms with Crippen LogP contribution in [0.3, 0.4) is 0 Å². The van der Waals surface area contributed by atoms with Gasteiger partial charge in [0.1, 0.15) is 5.75 Å². The van der Waals surface area contributed by atoms with Crippen LogP contribution in [0.5, 0.6) is 5.75 Å². The first-order valence-electron chi connectivity index (χ1n) is 8.44. The first-order chi connectivity index (χ1) is 10.6. The summed E-state index contributed by atoms with van der Waals surface area (Å²) < 4.78 is 0. The summed E-state index contributed by atoms with van der Waals surface area (Å²) in [5, 5.41) is 12.7. The molecule has 0 unspecified atom stereocenters. The maximum Gasteiger partial charge on any atom is 0.220 e. The van der Waals surface area contributed by atoms with Gasteiger partial charge in [-0.25, -0.2) is 0 Å². The monoisotopic (exact) mass is 302 g/mol. The molecule has 1 aromatic rings. The summed E-state index contributed by atoms with van der Waals surface area (Å²) in [5.41, 5.74) is 2.97. The van der Waals surface area contributed by atoms with Crippen LogP contribution in [0.15, 0.2) is 18.2 Å². The van der Waals surface area contributed by atoms with Crippen molar-refractivity contribution in [2.45, 2.75) is 51.0 Å². The molecule has 1 fully saturated rings. The van der Waals surface area contributed by atoms with E-state index in [2.05, 4.69) is 23.2 Å². The SMILES string of the molecule is CCCNC(=O)CCCN1Cc2ccc(O)cc2C2(CC2)C1. The number of fused-ring (bicyclic) bond motifs is 2. The zero-order valence-electron chi connectivity index (χ0n) is 13.4. The third kappa shape index (κ3) is 3.27. The second-order valence-corrected chi connectivity index (χ2v) is 6.79. The Kier molecular flexibility index (Phi) is 4.39. The van der Waals surface area contributed by atoms with Crippen molar-refractivity contribution >= 4 is 5.91 Å². The Labute approximate surface area is 132 Å². The quantitative estimate of drug-likeness (QED) is 0.849. The van der Waals surface area contributed by atoms with Crippen molar-refractivity contribution in [2.75, 3.05) is 19.6 Å². The Morgan fingerprint density at radius 1 is 1.41 bits per heavy atom. The highest BCUT2D eigenvalue weighted by Gasteiger charge is 2.48. The lowest BCUT2D eigenvalue weighted by atomic mass is 9.86. The van der Waals surface area contributed by atoms with Crippen molar-refractivity contribution in [3.05, 3.63) is 29.3 Å². The molecule has 0 radical (unpaired) electrons. The van der Waals surface area contributed by atoms with E-state index < -0.39 is 0 Å². The number of phenols is 1. The van der Waals surface area contributed by atoms with Gasteiger partial charge in [-0.1, -0.05) is 13.0 Å². The number of amides is 1. The number of nitrogens with one attached hydrogen (secondary N) is 1. The highest BCUT2D eigenvalue weighted by atomic mass is 16.3. The lowest BCUT2D eigenvalue weighted by molar-refractivity contribution is -0.121. The van der Waals surface area contributed by atoms with Gasteiger partial charge in [-0.2, -0.15) is 0 Å². The molecule has 1 aliphatic heterocycles. The molecule has 2 N–H and O–H groups in total. The second kappa shape index (κ2) is 6.29. The maximum absolute atomic E-state index is 11.7. The molecule has 120 valence electrons. The van der Waals surface area contributed by atoms with Crippen molar-refractivity contribution in [2.24, 2.45) is 0 Å². The zero-order valence-corrected chi connectivity index (χ0v) is 13.4. The van der Waals surface area contributed by atoms with Gasteiger partial charge in [0.05, 0.1) is 0 Å². The van der Waals surface area contributed by atoms with Gasteiger partial charge in [-0.3, -0.25) is 9.69 Å². The Morgan fingerprint density at radius 2 is 2.23 bits per heavy atom. The summed E-state index contributed by atoms with van der Waals surface area (Å²) in [6, 6.07) is 5.80. The van der Waals surface area contributed by atoms with Gasteiger partial charge in [0, 0.05) is 31.5 Å². The predicted octanol–water partition coefficient (Wildman–Crippen LogP) is 2.55. The first-order valence-corrected chi connectivity index (χ1v) is 8.44. The number of rotatable bonds is 6. The topological polar surface area (TPSA) is 52.6 Å². The van der Waals surface area contributed by atoms with Gasteiger partial charge in [0.25, 0.3) is 0 Å². The summed E-state index contributed by atoms with van der Waals surface area (Å²) in [4.78, 5) is 14.1. The molecule has 3 rings (SSSR count). The minimum Gasteiger partial charge on any atom is -0.508 e. The summed E-state index contributed by atoms with van der Waals surface area (Å²) in [5.74, 6) is 0.552. The number of nitrogens with zero attached hydrogens (tertiary/aromatic N) is 1. The van der Waals surface area contributed by atoms with Crippen molar-refractivity contribution < 1.29 is 9.90 Å². The molecule has 0 aromatic heterocycles. The minimum absolute atomic E-state index is 0.172. The van der Waals surface area contributed by atoms with Crippen LogP contribution in [0.4, 0.5) is 0 Å². The number of hydrogen-bond donors (Lipinski definition) is 2. The average molecular weight is 302 g/mol. The standard InChI is InChI=1S/C18H26N2O2/c1-2-9-19-17(22)4-3-10-20-12-14-5-6-15(21)11-16(14)18(13-20)7-8-18/h5-6,11,21H,2-4,7-10,12-13H2,1H3,(H,19,22). The van der Waals surface area contributed by atoms with Crippen LogP contribution >= 0.6 is 0 Å². The number of phenolic OH excluding ortho intramolecular Hbond substituents is 1. The fourth-order valence-electron chi connectivity index (χ4n) is 3.56. The molecule has 2 aliphatic rings. The van der Waals surface area contributed by atoms with Gasteiger partial charge in [-0.05, 0) is 55.5 Å². The zero-order chi connectivity index (χ0) is 15.6. The number of benzene rings is 1. The molecule has 1 aliphatic carbocycles. The van der Waals surface area contributed by atoms with E-state index >= 15 is 0 Å². The Morgan fingerprint density at radius 3 is 2.95 bits per heavy atom. The van der Waals surface area contributed by atoms with Crippen LogP contribution in [0, 0.1) is 0 Å². The maximum atomic E-state index is 11.7. The molecule has 1 amide bonds. The van der Waals surface area contributed by atoms with E-state index in [-0.39, 0.29) is 11.3 Å². The molecule has 0 atom stereocenters. The van der Waals surface area contributed by atoms with E-state index in [1.807, 2.05) is 6.07 Å². The number of aromatic hydroxyl groups is 1. The van der Waals surface area contributed by atoms with Gasteiger partial charge >= 0.3 is 0 Å². The van der Waals surface area contributed by atoms with Gasteiger partial charge in [-0.15, -0.1) is 0 Å². The van der Waals surface area contributed by atoms with Gasteiger partial charge in [0.2, 0.25) is 5.91 Å². The lowest BCUT2D eigenvalue weighted by Crippen LogP contribution is -2.38. The average Bonchev–Trinajstić information content (AvgIpc) is 3.26. The number of carbonyl (C=O) groups excluding carboxylic acids is 1. The molecule has 1 saturated carbocycles. The van der Waals surface area contributed by atoms with E-state index in [1.54, 1.807) is 6.07 Å². The molecule has 1 spiro atoms. The van der Waals surface area contributed by atoms with Gasteiger partial charge in [0.15, 0.2) is 0 Å². The lowest BCUT2D eigenvalue weighted by Gasteiger charge is -2.35. The first kappa shape index (κ1) is 15.3. The van der Waals surface area contributed by atoms with E-state index in [9.17, 15) is 9.90 Å². The fourth-order valence-corrected chi connectivity index (χ4v) is 3.56. The highest BCUT2D eigenvalue weighted by Crippen LogP contribution is 2.52. The molecular weight excluding hydrogens is 276 g/mol. The molecule has 0 saturated heterocycles. The third-order valence-corrected chi connectivity index (χ3v) is 4.89. The van der Waals surface area contributed by atoms with E-state index in [0.717, 1.165) is 39.0 Å². The van der Waals surface area contributed by atoms with Crippen LogP contribution in [0.25, 0.3) is 0 Å². The van der Waals surface area contributed by atoms with Crippen LogP contribution in [0.2, 0.25) is 0 Å². The van der Waals surface area contributed by atoms with Crippen LogP contribution < -0.4 is 5.32 Å². The Hall–Kier alpha value is -1.55. The second-order valence-electron chi connectivity index (χ2n) is 6.79. The van der Waals surface area contributed by atoms with Crippen molar-refractivity contribution in [3.8, 4) is 5.75 Å². The summed E-state index contributed by atoms with van der Waals surface area (Å²) >= 11 is 0. The van der Waals surface area contributed by atoms with Crippen molar-refractivity contribution in [1.29, 1.82) is 0 Å². The molecule has 1 heterocycles. The molecule has 22 heavy (non-hydrogen) atoms. The van der Waals surface area contributed by atoms with Gasteiger partial charge < -0.3 is 10.4 Å². The highest BCUT2D eigenvalue weighted by molar-refractivity contribution is 5.75. The van der Waals surface area contributed by atoms with Crippen molar-refractivity contribution in [1.82, 2.24) is 10.2 Å². The third-order valence-electron chi connectivity index (χ3n) is 4.89. The minimum atomic E-state index is 0.172. The predicted molar refractivity (Wildman–Crippen MR) is 86.8 cm³/mol. The van der Waals surface area contributed by atoms with Crippen molar-refractivity contribution in [3.63, 3.8) is 0 Å². The Balaban J connectivity index is 1.55. The van der Waals surface area contributed by atoms with E-state index in [1.165, 1.54) is 24.0 Å². The molecular formula is C18H26N2O2. The van der Waals surface area contributed by atoms with E-state index in [4.69, 9.17) is 0 Å². The molecule has 1 aromatic carbocycles. The van der Waals surface area contributed by atoms with Crippen LogP contribution in [0.1, 0.15) is 50.2 Å². The summed E-state index contributed by atoms with van der Waals surface area (Å²) in [6.07, 6.45) is 4.96. The Bertz CT molecular complexity index is 552. The van der Waals surface area contributed by atoms with E-state index in [0.29, 0.717) is 12.2 Å². The molecule has 0 bridgehead atoms. The molecule has 4 heteroatoms. The summed E-state index contributed by atoms with van der Waals surface area (Å²) in [6.45, 7) is 5.83. The normalized spacial score (nSPS) is 19.0. The summed E-state index contributed by atoms with van der Waals surface area (Å²) in [7, 11) is 0. The van der Waals surface area contributed by atoms with Crippen LogP contribution in [-0.2, 0) is 16.8 Å².